The maximum absolute atomic E-state index is 13.9. The molecule has 0 saturated carbocycles. The van der Waals surface area contributed by atoms with Crippen LogP contribution in [0.5, 0.6) is 0 Å². The van der Waals surface area contributed by atoms with Crippen LogP contribution in [-0.4, -0.2) is 14.9 Å². The second-order valence-electron chi connectivity index (χ2n) is 4.78. The minimum atomic E-state index is -4.77. The molecule has 0 radical (unpaired) electrons. The molecule has 2 rings (SSSR count). The summed E-state index contributed by atoms with van der Waals surface area (Å²) in [5, 5.41) is 13.9. The maximum atomic E-state index is 13.9. The topological polar surface area (TPSA) is 38.0 Å². The minimum Gasteiger partial charge on any atom is -0.388 e. The van der Waals surface area contributed by atoms with Crippen LogP contribution in [-0.2, 0) is 19.6 Å². The third-order valence-corrected chi connectivity index (χ3v) is 3.16. The maximum Gasteiger partial charge on any atom is 0.419 e. The van der Waals surface area contributed by atoms with Crippen LogP contribution < -0.4 is 0 Å². The Hall–Kier alpha value is -1.89. The van der Waals surface area contributed by atoms with E-state index in [9.17, 15) is 22.7 Å². The van der Waals surface area contributed by atoms with Crippen molar-refractivity contribution < 1.29 is 22.7 Å². The highest BCUT2D eigenvalue weighted by Gasteiger charge is 2.35. The van der Waals surface area contributed by atoms with Crippen molar-refractivity contribution in [2.45, 2.75) is 25.1 Å². The number of aliphatic hydroxyl groups excluding tert-OH is 1. The number of nitrogens with zero attached hydrogens (tertiary/aromatic N) is 2. The van der Waals surface area contributed by atoms with Crippen molar-refractivity contribution in [2.75, 3.05) is 0 Å². The summed E-state index contributed by atoms with van der Waals surface area (Å²) in [6.07, 6.45) is -2.24. The molecule has 1 heterocycles. The van der Waals surface area contributed by atoms with Gasteiger partial charge >= 0.3 is 6.18 Å². The fraction of sp³-hybridized carbons (Fsp3) is 0.357. The molecule has 1 N–H and O–H groups in total. The molecule has 0 aliphatic heterocycles. The smallest absolute Gasteiger partial charge is 0.388 e. The number of hydrogen-bond donors (Lipinski definition) is 1. The van der Waals surface area contributed by atoms with Gasteiger partial charge in [-0.15, -0.1) is 0 Å². The summed E-state index contributed by atoms with van der Waals surface area (Å²) in [4.78, 5) is 0. The van der Waals surface area contributed by atoms with Crippen LogP contribution in [0.1, 0.15) is 29.2 Å². The first-order chi connectivity index (χ1) is 9.79. The van der Waals surface area contributed by atoms with E-state index in [-0.39, 0.29) is 12.0 Å². The molecule has 0 fully saturated rings. The van der Waals surface area contributed by atoms with Gasteiger partial charge in [-0.25, -0.2) is 4.39 Å². The first-order valence-electron chi connectivity index (χ1n) is 6.30. The van der Waals surface area contributed by atoms with Crippen LogP contribution in [0, 0.1) is 5.82 Å². The van der Waals surface area contributed by atoms with Crippen molar-refractivity contribution >= 4 is 0 Å². The van der Waals surface area contributed by atoms with Crippen molar-refractivity contribution in [2.24, 2.45) is 7.05 Å². The Balaban J connectivity index is 2.14. The zero-order valence-corrected chi connectivity index (χ0v) is 11.2. The number of halogens is 4. The summed E-state index contributed by atoms with van der Waals surface area (Å²) in [7, 11) is 1.73. The van der Waals surface area contributed by atoms with Gasteiger partial charge in [0.05, 0.1) is 17.9 Å². The van der Waals surface area contributed by atoms with E-state index in [1.807, 2.05) is 0 Å². The van der Waals surface area contributed by atoms with Gasteiger partial charge in [0.15, 0.2) is 0 Å². The molecule has 0 bridgehead atoms. The third kappa shape index (κ3) is 3.60. The number of aryl methyl sites for hydroxylation is 2. The summed E-state index contributed by atoms with van der Waals surface area (Å²) in [6, 6.07) is 2.92. The van der Waals surface area contributed by atoms with Crippen LogP contribution in [0.25, 0.3) is 0 Å². The minimum absolute atomic E-state index is 0.115. The summed E-state index contributed by atoms with van der Waals surface area (Å²) in [5.74, 6) is -1.41. The highest BCUT2D eigenvalue weighted by atomic mass is 19.4. The second kappa shape index (κ2) is 5.85. The molecular weight excluding hydrogens is 288 g/mol. The second-order valence-corrected chi connectivity index (χ2v) is 4.78. The SMILES string of the molecule is Cn1cc(CCC(O)c2cccc(C(F)(F)F)c2F)cn1. The summed E-state index contributed by atoms with van der Waals surface area (Å²) in [6.45, 7) is 0. The van der Waals surface area contributed by atoms with Gasteiger partial charge in [-0.3, -0.25) is 4.68 Å². The summed E-state index contributed by atoms with van der Waals surface area (Å²) >= 11 is 0. The Labute approximate surface area is 118 Å². The number of benzene rings is 1. The van der Waals surface area contributed by atoms with Crippen molar-refractivity contribution in [1.82, 2.24) is 9.78 Å². The number of rotatable bonds is 4. The lowest BCUT2D eigenvalue weighted by molar-refractivity contribution is -0.140. The number of alkyl halides is 3. The molecule has 0 amide bonds. The van der Waals surface area contributed by atoms with E-state index < -0.39 is 23.7 Å². The molecule has 21 heavy (non-hydrogen) atoms. The van der Waals surface area contributed by atoms with E-state index in [0.717, 1.165) is 11.6 Å². The van der Waals surface area contributed by atoms with Crippen molar-refractivity contribution in [3.05, 3.63) is 53.1 Å². The van der Waals surface area contributed by atoms with Gasteiger partial charge in [-0.1, -0.05) is 12.1 Å². The highest BCUT2D eigenvalue weighted by molar-refractivity contribution is 5.29. The number of hydrogen-bond acceptors (Lipinski definition) is 2. The van der Waals surface area contributed by atoms with E-state index in [0.29, 0.717) is 12.5 Å². The molecule has 0 saturated heterocycles. The largest absolute Gasteiger partial charge is 0.419 e. The molecule has 3 nitrogen and oxygen atoms in total. The van der Waals surface area contributed by atoms with Crippen LogP contribution in [0.3, 0.4) is 0 Å². The fourth-order valence-electron chi connectivity index (χ4n) is 2.09. The van der Waals surface area contributed by atoms with Gasteiger partial charge in [-0.2, -0.15) is 18.3 Å². The van der Waals surface area contributed by atoms with Gasteiger partial charge in [0.2, 0.25) is 0 Å². The van der Waals surface area contributed by atoms with E-state index >= 15 is 0 Å². The predicted octanol–water partition coefficient (Wildman–Crippen LogP) is 3.24. The van der Waals surface area contributed by atoms with Crippen molar-refractivity contribution in [1.29, 1.82) is 0 Å². The molecule has 0 aliphatic rings. The van der Waals surface area contributed by atoms with Gasteiger partial charge in [-0.05, 0) is 24.5 Å². The predicted molar refractivity (Wildman–Crippen MR) is 67.9 cm³/mol. The standard InChI is InChI=1S/C14H14F4N2O/c1-20-8-9(7-19-20)5-6-12(21)10-3-2-4-11(13(10)15)14(16,17)18/h2-4,7-8,12,21H,5-6H2,1H3. The van der Waals surface area contributed by atoms with Gasteiger partial charge in [0.25, 0.3) is 0 Å². The molecule has 1 atom stereocenters. The van der Waals surface area contributed by atoms with Crippen LogP contribution in [0.15, 0.2) is 30.6 Å². The monoisotopic (exact) mass is 302 g/mol. The molecule has 0 spiro atoms. The first kappa shape index (κ1) is 15.5. The quantitative estimate of drug-likeness (QED) is 0.881. The highest BCUT2D eigenvalue weighted by Crippen LogP contribution is 2.34. The van der Waals surface area contributed by atoms with E-state index in [2.05, 4.69) is 5.10 Å². The molecule has 114 valence electrons. The summed E-state index contributed by atoms with van der Waals surface area (Å²) < 4.78 is 53.3. The molecule has 7 heteroatoms. The van der Waals surface area contributed by atoms with Crippen molar-refractivity contribution in [3.8, 4) is 0 Å². The van der Waals surface area contributed by atoms with E-state index in [1.165, 1.54) is 6.07 Å². The Morgan fingerprint density at radius 2 is 2.05 bits per heavy atom. The average Bonchev–Trinajstić information content (AvgIpc) is 2.80. The molecular formula is C14H14F4N2O. The van der Waals surface area contributed by atoms with E-state index in [4.69, 9.17) is 0 Å². The van der Waals surface area contributed by atoms with Gasteiger partial charge < -0.3 is 5.11 Å². The first-order valence-corrected chi connectivity index (χ1v) is 6.30. The Kier molecular flexibility index (Phi) is 4.32. The fourth-order valence-corrected chi connectivity index (χ4v) is 2.09. The lowest BCUT2D eigenvalue weighted by Gasteiger charge is -2.15. The van der Waals surface area contributed by atoms with Crippen LogP contribution in [0.2, 0.25) is 0 Å². The molecule has 1 aromatic heterocycles. The lowest BCUT2D eigenvalue weighted by Crippen LogP contribution is -2.12. The normalized spacial score (nSPS) is 13.4. The van der Waals surface area contributed by atoms with E-state index in [1.54, 1.807) is 24.1 Å². The zero-order valence-electron chi connectivity index (χ0n) is 11.2. The van der Waals surface area contributed by atoms with Gasteiger partial charge in [0.1, 0.15) is 5.82 Å². The number of aromatic nitrogens is 2. The number of aliphatic hydroxyl groups is 1. The van der Waals surface area contributed by atoms with Crippen LogP contribution in [0.4, 0.5) is 17.6 Å². The van der Waals surface area contributed by atoms with Crippen molar-refractivity contribution in [3.63, 3.8) is 0 Å². The lowest BCUT2D eigenvalue weighted by atomic mass is 10.00. The third-order valence-electron chi connectivity index (χ3n) is 3.16. The molecule has 1 unspecified atom stereocenters. The Morgan fingerprint density at radius 3 is 2.62 bits per heavy atom. The summed E-state index contributed by atoms with van der Waals surface area (Å²) in [5.41, 5.74) is -0.877. The zero-order chi connectivity index (χ0) is 15.6. The Morgan fingerprint density at radius 1 is 1.33 bits per heavy atom. The molecule has 2 aromatic rings. The average molecular weight is 302 g/mol. The van der Waals surface area contributed by atoms with Gasteiger partial charge in [0, 0.05) is 18.8 Å². The molecule has 1 aromatic carbocycles. The molecule has 0 aliphatic carbocycles. The Bertz CT molecular complexity index is 622. The van der Waals surface area contributed by atoms with Crippen LogP contribution >= 0.6 is 0 Å².